The maximum Gasteiger partial charge on any atom is 0.251 e. The van der Waals surface area contributed by atoms with Crippen LogP contribution in [0.15, 0.2) is 36.5 Å². The maximum atomic E-state index is 12.0. The number of hydrogen-bond acceptors (Lipinski definition) is 4. The number of rotatable bonds is 4. The number of ether oxygens (including phenoxy) is 1. The van der Waals surface area contributed by atoms with Gasteiger partial charge in [-0.2, -0.15) is 0 Å². The first kappa shape index (κ1) is 14.1. The van der Waals surface area contributed by atoms with Gasteiger partial charge < -0.3 is 15.8 Å². The third kappa shape index (κ3) is 3.19. The first-order valence-electron chi connectivity index (χ1n) is 5.93. The Labute approximate surface area is 121 Å². The number of nitrogen functional groups attached to an aromatic ring is 1. The molecule has 0 bridgehead atoms. The van der Waals surface area contributed by atoms with E-state index in [1.807, 2.05) is 6.07 Å². The number of halogens is 1. The molecular weight excluding hydrogens is 278 g/mol. The molecule has 0 radical (unpaired) electrons. The molecule has 0 unspecified atom stereocenters. The molecular formula is C14H14ClN3O2. The van der Waals surface area contributed by atoms with Crippen molar-refractivity contribution in [1.82, 2.24) is 10.3 Å². The van der Waals surface area contributed by atoms with Crippen LogP contribution in [0, 0.1) is 0 Å². The minimum absolute atomic E-state index is 0.237. The number of amides is 1. The fraction of sp³-hybridized carbons (Fsp3) is 0.143. The van der Waals surface area contributed by atoms with Crippen molar-refractivity contribution in [2.24, 2.45) is 0 Å². The number of nitrogens with one attached hydrogen (secondary N) is 1. The number of anilines is 1. The van der Waals surface area contributed by atoms with E-state index in [1.165, 1.54) is 13.2 Å². The number of carbonyl (C=O) groups excluding carboxylic acids is 1. The summed E-state index contributed by atoms with van der Waals surface area (Å²) in [6.45, 7) is 0.318. The smallest absolute Gasteiger partial charge is 0.251 e. The highest BCUT2D eigenvalue weighted by Gasteiger charge is 2.09. The van der Waals surface area contributed by atoms with Crippen molar-refractivity contribution >= 4 is 23.2 Å². The number of pyridine rings is 1. The minimum atomic E-state index is -0.237. The van der Waals surface area contributed by atoms with E-state index < -0.39 is 0 Å². The van der Waals surface area contributed by atoms with Gasteiger partial charge in [-0.3, -0.25) is 4.79 Å². The van der Waals surface area contributed by atoms with Gasteiger partial charge in [0.2, 0.25) is 5.88 Å². The molecule has 0 saturated carbocycles. The van der Waals surface area contributed by atoms with Crippen LogP contribution in [0.25, 0.3) is 0 Å². The fourth-order valence-electron chi connectivity index (χ4n) is 1.71. The van der Waals surface area contributed by atoms with Crippen LogP contribution in [-0.2, 0) is 6.54 Å². The molecule has 1 heterocycles. The van der Waals surface area contributed by atoms with Gasteiger partial charge in [0.05, 0.1) is 17.8 Å². The highest BCUT2D eigenvalue weighted by atomic mass is 35.5. The van der Waals surface area contributed by atoms with Crippen molar-refractivity contribution < 1.29 is 9.53 Å². The van der Waals surface area contributed by atoms with Gasteiger partial charge in [-0.05, 0) is 24.3 Å². The predicted octanol–water partition coefficient (Wildman–Crippen LogP) is 2.26. The quantitative estimate of drug-likeness (QED) is 0.847. The molecule has 0 aliphatic rings. The molecule has 2 aromatic rings. The van der Waals surface area contributed by atoms with E-state index in [0.29, 0.717) is 28.7 Å². The van der Waals surface area contributed by atoms with Gasteiger partial charge in [-0.15, -0.1) is 0 Å². The largest absolute Gasteiger partial charge is 0.481 e. The van der Waals surface area contributed by atoms with Gasteiger partial charge in [0.1, 0.15) is 0 Å². The van der Waals surface area contributed by atoms with Crippen LogP contribution in [0.1, 0.15) is 15.9 Å². The standard InChI is InChI=1S/C14H14ClN3O2/c1-20-14-10(3-2-6-17-14)8-18-13(19)9-4-5-11(15)12(16)7-9/h2-7H,8,16H2,1H3,(H,18,19). The van der Waals surface area contributed by atoms with E-state index in [9.17, 15) is 4.79 Å². The van der Waals surface area contributed by atoms with E-state index in [0.717, 1.165) is 5.56 Å². The number of benzene rings is 1. The third-order valence-corrected chi connectivity index (χ3v) is 3.09. The van der Waals surface area contributed by atoms with Crippen molar-refractivity contribution in [3.63, 3.8) is 0 Å². The second-order valence-electron chi connectivity index (χ2n) is 4.09. The van der Waals surface area contributed by atoms with Crippen LogP contribution in [0.2, 0.25) is 5.02 Å². The van der Waals surface area contributed by atoms with Crippen molar-refractivity contribution in [3.05, 3.63) is 52.7 Å². The van der Waals surface area contributed by atoms with E-state index >= 15 is 0 Å². The third-order valence-electron chi connectivity index (χ3n) is 2.74. The average molecular weight is 292 g/mol. The minimum Gasteiger partial charge on any atom is -0.481 e. The molecule has 0 fully saturated rings. The van der Waals surface area contributed by atoms with Crippen molar-refractivity contribution in [2.45, 2.75) is 6.54 Å². The molecule has 0 aliphatic carbocycles. The van der Waals surface area contributed by atoms with Crippen LogP contribution in [0.5, 0.6) is 5.88 Å². The molecule has 20 heavy (non-hydrogen) atoms. The van der Waals surface area contributed by atoms with Gasteiger partial charge in [0, 0.05) is 23.9 Å². The lowest BCUT2D eigenvalue weighted by atomic mass is 10.2. The molecule has 104 valence electrons. The van der Waals surface area contributed by atoms with E-state index in [1.54, 1.807) is 24.4 Å². The van der Waals surface area contributed by atoms with Crippen LogP contribution >= 0.6 is 11.6 Å². The number of methoxy groups -OCH3 is 1. The Bertz CT molecular complexity index is 632. The number of aromatic nitrogens is 1. The topological polar surface area (TPSA) is 77.2 Å². The number of carbonyl (C=O) groups is 1. The first-order chi connectivity index (χ1) is 9.61. The second kappa shape index (κ2) is 6.25. The molecule has 0 atom stereocenters. The number of hydrogen-bond donors (Lipinski definition) is 2. The van der Waals surface area contributed by atoms with Crippen molar-refractivity contribution in [3.8, 4) is 5.88 Å². The number of nitrogens with two attached hydrogens (primary N) is 1. The van der Waals surface area contributed by atoms with E-state index in [2.05, 4.69) is 10.3 Å². The first-order valence-corrected chi connectivity index (χ1v) is 6.30. The summed E-state index contributed by atoms with van der Waals surface area (Å²) in [5.74, 6) is 0.252. The Kier molecular flexibility index (Phi) is 4.42. The highest BCUT2D eigenvalue weighted by Crippen LogP contribution is 2.19. The van der Waals surface area contributed by atoms with Gasteiger partial charge in [-0.1, -0.05) is 17.7 Å². The summed E-state index contributed by atoms with van der Waals surface area (Å²) in [6, 6.07) is 8.37. The van der Waals surface area contributed by atoms with Crippen LogP contribution in [0.3, 0.4) is 0 Å². The zero-order valence-corrected chi connectivity index (χ0v) is 11.6. The summed E-state index contributed by atoms with van der Waals surface area (Å²) < 4.78 is 5.12. The molecule has 1 aromatic carbocycles. The summed E-state index contributed by atoms with van der Waals surface area (Å²) in [5, 5.41) is 3.21. The monoisotopic (exact) mass is 291 g/mol. The Morgan fingerprint density at radius 2 is 2.25 bits per heavy atom. The molecule has 5 nitrogen and oxygen atoms in total. The Morgan fingerprint density at radius 3 is 2.95 bits per heavy atom. The number of nitrogens with zero attached hydrogens (tertiary/aromatic N) is 1. The van der Waals surface area contributed by atoms with Gasteiger partial charge in [-0.25, -0.2) is 4.98 Å². The molecule has 3 N–H and O–H groups in total. The molecule has 1 amide bonds. The van der Waals surface area contributed by atoms with Crippen molar-refractivity contribution in [1.29, 1.82) is 0 Å². The van der Waals surface area contributed by atoms with Gasteiger partial charge >= 0.3 is 0 Å². The highest BCUT2D eigenvalue weighted by molar-refractivity contribution is 6.33. The zero-order chi connectivity index (χ0) is 14.5. The molecule has 0 saturated heterocycles. The summed E-state index contributed by atoms with van der Waals surface area (Å²) in [6.07, 6.45) is 1.63. The average Bonchev–Trinajstić information content (AvgIpc) is 2.47. The maximum absolute atomic E-state index is 12.0. The Balaban J connectivity index is 2.06. The molecule has 6 heteroatoms. The summed E-state index contributed by atoms with van der Waals surface area (Å²) in [4.78, 5) is 16.1. The molecule has 0 spiro atoms. The summed E-state index contributed by atoms with van der Waals surface area (Å²) in [5.41, 5.74) is 7.29. The van der Waals surface area contributed by atoms with Gasteiger partial charge in [0.25, 0.3) is 5.91 Å². The summed E-state index contributed by atoms with van der Waals surface area (Å²) in [7, 11) is 1.54. The van der Waals surface area contributed by atoms with Crippen molar-refractivity contribution in [2.75, 3.05) is 12.8 Å². The lowest BCUT2D eigenvalue weighted by molar-refractivity contribution is 0.0950. The predicted molar refractivity (Wildman–Crippen MR) is 77.8 cm³/mol. The Hall–Kier alpha value is -2.27. The van der Waals surface area contributed by atoms with Crippen LogP contribution in [-0.4, -0.2) is 18.0 Å². The lowest BCUT2D eigenvalue weighted by Gasteiger charge is -2.09. The second-order valence-corrected chi connectivity index (χ2v) is 4.50. The Morgan fingerprint density at radius 1 is 1.45 bits per heavy atom. The lowest BCUT2D eigenvalue weighted by Crippen LogP contribution is -2.23. The normalized spacial score (nSPS) is 10.1. The summed E-state index contributed by atoms with van der Waals surface area (Å²) >= 11 is 5.82. The molecule has 0 aliphatic heterocycles. The van der Waals surface area contributed by atoms with Gasteiger partial charge in [0.15, 0.2) is 0 Å². The SMILES string of the molecule is COc1ncccc1CNC(=O)c1ccc(Cl)c(N)c1. The molecule has 1 aromatic heterocycles. The van der Waals surface area contributed by atoms with Crippen LogP contribution in [0.4, 0.5) is 5.69 Å². The fourth-order valence-corrected chi connectivity index (χ4v) is 1.82. The molecule has 2 rings (SSSR count). The van der Waals surface area contributed by atoms with Crippen LogP contribution < -0.4 is 15.8 Å². The zero-order valence-electron chi connectivity index (χ0n) is 10.9. The van der Waals surface area contributed by atoms with E-state index in [4.69, 9.17) is 22.1 Å². The van der Waals surface area contributed by atoms with E-state index in [-0.39, 0.29) is 5.91 Å².